The van der Waals surface area contributed by atoms with Crippen molar-refractivity contribution in [2.45, 2.75) is 38.6 Å². The zero-order valence-electron chi connectivity index (χ0n) is 9.25. The Kier molecular flexibility index (Phi) is 5.52. The van der Waals surface area contributed by atoms with Gasteiger partial charge in [0.2, 0.25) is 0 Å². The van der Waals surface area contributed by atoms with Gasteiger partial charge in [-0.3, -0.25) is 0 Å². The average Bonchev–Trinajstić information content (AvgIpc) is 2.98. The second-order valence-electron chi connectivity index (χ2n) is 3.87. The highest BCUT2D eigenvalue weighted by molar-refractivity contribution is 7.87. The van der Waals surface area contributed by atoms with Crippen LogP contribution >= 0.6 is 0 Å². The summed E-state index contributed by atoms with van der Waals surface area (Å²) in [6.07, 6.45) is 4.18. The van der Waals surface area contributed by atoms with Crippen LogP contribution in [0.15, 0.2) is 0 Å². The highest BCUT2D eigenvalue weighted by atomic mass is 32.2. The van der Waals surface area contributed by atoms with Crippen LogP contribution < -0.4 is 14.8 Å². The molecule has 0 aliphatic heterocycles. The predicted octanol–water partition coefficient (Wildman–Crippen LogP) is -0.0375. The molecule has 1 aliphatic rings. The maximum absolute atomic E-state index is 11.3. The van der Waals surface area contributed by atoms with Crippen LogP contribution in [0.4, 0.5) is 0 Å². The SMILES string of the molecule is CCCNS(=O)(=O)NCCCNC1CC1. The van der Waals surface area contributed by atoms with Gasteiger partial charge in [0.15, 0.2) is 0 Å². The lowest BCUT2D eigenvalue weighted by atomic mass is 10.4. The van der Waals surface area contributed by atoms with Crippen LogP contribution in [0.3, 0.4) is 0 Å². The molecule has 0 radical (unpaired) electrons. The summed E-state index contributed by atoms with van der Waals surface area (Å²) in [5.74, 6) is 0. The van der Waals surface area contributed by atoms with Gasteiger partial charge >= 0.3 is 0 Å². The molecule has 6 heteroatoms. The summed E-state index contributed by atoms with van der Waals surface area (Å²) < 4.78 is 27.5. The van der Waals surface area contributed by atoms with Gasteiger partial charge in [0.05, 0.1) is 0 Å². The van der Waals surface area contributed by atoms with E-state index in [4.69, 9.17) is 0 Å². The fraction of sp³-hybridized carbons (Fsp3) is 1.00. The normalized spacial score (nSPS) is 16.9. The van der Waals surface area contributed by atoms with E-state index in [1.807, 2.05) is 6.92 Å². The molecule has 3 N–H and O–H groups in total. The molecule has 0 aromatic rings. The number of nitrogens with one attached hydrogen (secondary N) is 3. The van der Waals surface area contributed by atoms with Crippen LogP contribution in [0, 0.1) is 0 Å². The molecule has 5 nitrogen and oxygen atoms in total. The lowest BCUT2D eigenvalue weighted by Crippen LogP contribution is -2.38. The maximum atomic E-state index is 11.3. The molecule has 0 atom stereocenters. The second-order valence-corrected chi connectivity index (χ2v) is 5.46. The monoisotopic (exact) mass is 235 g/mol. The molecule has 0 heterocycles. The summed E-state index contributed by atoms with van der Waals surface area (Å²) in [5, 5.41) is 3.33. The average molecular weight is 235 g/mol. The van der Waals surface area contributed by atoms with Crippen LogP contribution in [-0.4, -0.2) is 34.1 Å². The minimum atomic E-state index is -3.26. The molecule has 0 unspecified atom stereocenters. The van der Waals surface area contributed by atoms with Crippen LogP contribution in [-0.2, 0) is 10.2 Å². The van der Waals surface area contributed by atoms with Crippen molar-refractivity contribution in [2.24, 2.45) is 0 Å². The third-order valence-electron chi connectivity index (χ3n) is 2.20. The Balaban J connectivity index is 1.96. The number of rotatable bonds is 9. The first-order valence-electron chi connectivity index (χ1n) is 5.61. The van der Waals surface area contributed by atoms with E-state index in [0.29, 0.717) is 19.1 Å². The van der Waals surface area contributed by atoms with Gasteiger partial charge in [-0.25, -0.2) is 9.44 Å². The minimum absolute atomic E-state index is 0.496. The third-order valence-corrected chi connectivity index (χ3v) is 3.37. The van der Waals surface area contributed by atoms with E-state index < -0.39 is 10.2 Å². The Bertz CT molecular complexity index is 263. The first-order valence-corrected chi connectivity index (χ1v) is 7.10. The van der Waals surface area contributed by atoms with E-state index in [1.54, 1.807) is 0 Å². The Morgan fingerprint density at radius 3 is 2.40 bits per heavy atom. The van der Waals surface area contributed by atoms with Gasteiger partial charge in [-0.2, -0.15) is 8.42 Å². The van der Waals surface area contributed by atoms with Gasteiger partial charge < -0.3 is 5.32 Å². The van der Waals surface area contributed by atoms with Crippen LogP contribution in [0.5, 0.6) is 0 Å². The molecule has 0 saturated heterocycles. The van der Waals surface area contributed by atoms with Crippen molar-refractivity contribution in [1.29, 1.82) is 0 Å². The lowest BCUT2D eigenvalue weighted by Gasteiger charge is -2.07. The van der Waals surface area contributed by atoms with Crippen molar-refractivity contribution in [3.8, 4) is 0 Å². The summed E-state index contributed by atoms with van der Waals surface area (Å²) >= 11 is 0. The molecule has 0 bridgehead atoms. The molecular formula is C9H21N3O2S. The largest absolute Gasteiger partial charge is 0.314 e. The number of hydrogen-bond acceptors (Lipinski definition) is 3. The van der Waals surface area contributed by atoms with Gasteiger partial charge in [0, 0.05) is 19.1 Å². The quantitative estimate of drug-likeness (QED) is 0.491. The molecular weight excluding hydrogens is 214 g/mol. The zero-order chi connectivity index (χ0) is 11.1. The molecule has 15 heavy (non-hydrogen) atoms. The minimum Gasteiger partial charge on any atom is -0.314 e. The molecule has 0 spiro atoms. The predicted molar refractivity (Wildman–Crippen MR) is 60.9 cm³/mol. The summed E-state index contributed by atoms with van der Waals surface area (Å²) in [5.41, 5.74) is 0. The highest BCUT2D eigenvalue weighted by Gasteiger charge is 2.19. The third kappa shape index (κ3) is 6.83. The van der Waals surface area contributed by atoms with Gasteiger partial charge in [0.25, 0.3) is 10.2 Å². The van der Waals surface area contributed by atoms with Gasteiger partial charge in [-0.15, -0.1) is 0 Å². The molecule has 0 aromatic carbocycles. The molecule has 1 fully saturated rings. The van der Waals surface area contributed by atoms with E-state index in [-0.39, 0.29) is 0 Å². The van der Waals surface area contributed by atoms with Crippen molar-refractivity contribution in [3.05, 3.63) is 0 Å². The summed E-state index contributed by atoms with van der Waals surface area (Å²) in [6, 6.07) is 0.694. The van der Waals surface area contributed by atoms with Crippen LogP contribution in [0.2, 0.25) is 0 Å². The summed E-state index contributed by atoms with van der Waals surface area (Å²) in [7, 11) is -3.26. The Morgan fingerprint density at radius 2 is 1.80 bits per heavy atom. The van der Waals surface area contributed by atoms with E-state index >= 15 is 0 Å². The van der Waals surface area contributed by atoms with Gasteiger partial charge in [0.1, 0.15) is 0 Å². The van der Waals surface area contributed by atoms with Crippen molar-refractivity contribution in [1.82, 2.24) is 14.8 Å². The molecule has 1 rings (SSSR count). The van der Waals surface area contributed by atoms with Crippen molar-refractivity contribution in [2.75, 3.05) is 19.6 Å². The topological polar surface area (TPSA) is 70.2 Å². The van der Waals surface area contributed by atoms with Crippen LogP contribution in [0.1, 0.15) is 32.6 Å². The lowest BCUT2D eigenvalue weighted by molar-refractivity contribution is 0.559. The van der Waals surface area contributed by atoms with Crippen molar-refractivity contribution < 1.29 is 8.42 Å². The molecule has 0 aromatic heterocycles. The van der Waals surface area contributed by atoms with Crippen molar-refractivity contribution in [3.63, 3.8) is 0 Å². The highest BCUT2D eigenvalue weighted by Crippen LogP contribution is 2.18. The first kappa shape index (κ1) is 12.9. The van der Waals surface area contributed by atoms with Gasteiger partial charge in [-0.1, -0.05) is 6.92 Å². The zero-order valence-corrected chi connectivity index (χ0v) is 10.1. The van der Waals surface area contributed by atoms with E-state index in [0.717, 1.165) is 19.4 Å². The van der Waals surface area contributed by atoms with E-state index in [1.165, 1.54) is 12.8 Å². The van der Waals surface area contributed by atoms with Crippen molar-refractivity contribution >= 4 is 10.2 Å². The van der Waals surface area contributed by atoms with E-state index in [2.05, 4.69) is 14.8 Å². The Hall–Kier alpha value is -0.170. The summed E-state index contributed by atoms with van der Waals surface area (Å²) in [4.78, 5) is 0. The fourth-order valence-electron chi connectivity index (χ4n) is 1.18. The number of hydrogen-bond donors (Lipinski definition) is 3. The second kappa shape index (κ2) is 6.42. The smallest absolute Gasteiger partial charge is 0.276 e. The fourth-order valence-corrected chi connectivity index (χ4v) is 2.16. The first-order chi connectivity index (χ1) is 7.14. The standard InChI is InChI=1S/C9H21N3O2S/c1-2-6-11-15(13,14)12-8-3-7-10-9-4-5-9/h9-12H,2-8H2,1H3. The molecule has 1 aliphatic carbocycles. The Morgan fingerprint density at radius 1 is 1.13 bits per heavy atom. The summed E-state index contributed by atoms with van der Waals surface area (Å²) in [6.45, 7) is 3.82. The Labute approximate surface area is 92.2 Å². The molecule has 0 amide bonds. The van der Waals surface area contributed by atoms with Gasteiger partial charge in [-0.05, 0) is 32.2 Å². The van der Waals surface area contributed by atoms with E-state index in [9.17, 15) is 8.42 Å². The molecule has 1 saturated carbocycles. The van der Waals surface area contributed by atoms with Crippen LogP contribution in [0.25, 0.3) is 0 Å². The molecule has 90 valence electrons. The maximum Gasteiger partial charge on any atom is 0.276 e.